The molecule has 1 heterocycles. The molecule has 0 amide bonds. The standard InChI is InChI=1S/C20H23N3O/c1-16-18-12-6-7-13-19(18)20(24)23(21-16)15-22(2)14-8-11-17-9-4-3-5-10-17/h3-7,9-10,12-13H,8,11,14-15H2,1-2H3. The van der Waals surface area contributed by atoms with Gasteiger partial charge in [0, 0.05) is 5.39 Å². The first-order chi connectivity index (χ1) is 11.6. The van der Waals surface area contributed by atoms with Crippen molar-refractivity contribution in [3.05, 3.63) is 76.2 Å². The van der Waals surface area contributed by atoms with Gasteiger partial charge in [-0.25, -0.2) is 4.68 Å². The molecule has 3 aromatic rings. The lowest BCUT2D eigenvalue weighted by Crippen LogP contribution is -2.32. The first-order valence-electron chi connectivity index (χ1n) is 8.34. The molecule has 3 rings (SSSR count). The van der Waals surface area contributed by atoms with E-state index in [0.29, 0.717) is 6.67 Å². The molecular formula is C20H23N3O. The first kappa shape index (κ1) is 16.4. The predicted molar refractivity (Wildman–Crippen MR) is 98.1 cm³/mol. The molecule has 4 heteroatoms. The molecule has 2 aromatic carbocycles. The molecule has 0 radical (unpaired) electrons. The SMILES string of the molecule is Cc1nn(CN(C)CCCc2ccccc2)c(=O)c2ccccc12. The highest BCUT2D eigenvalue weighted by atomic mass is 16.1. The minimum atomic E-state index is -0.0221. The maximum Gasteiger partial charge on any atom is 0.275 e. The van der Waals surface area contributed by atoms with Crippen molar-refractivity contribution in [1.82, 2.24) is 14.7 Å². The number of fused-ring (bicyclic) bond motifs is 1. The lowest BCUT2D eigenvalue weighted by atomic mass is 10.1. The van der Waals surface area contributed by atoms with Crippen LogP contribution in [-0.2, 0) is 13.1 Å². The molecule has 0 spiro atoms. The van der Waals surface area contributed by atoms with E-state index in [-0.39, 0.29) is 5.56 Å². The monoisotopic (exact) mass is 321 g/mol. The molecule has 0 saturated heterocycles. The van der Waals surface area contributed by atoms with Crippen LogP contribution in [0.15, 0.2) is 59.4 Å². The summed E-state index contributed by atoms with van der Waals surface area (Å²) in [6.45, 7) is 3.39. The molecule has 0 saturated carbocycles. The zero-order chi connectivity index (χ0) is 16.9. The summed E-state index contributed by atoms with van der Waals surface area (Å²) >= 11 is 0. The van der Waals surface area contributed by atoms with Gasteiger partial charge >= 0.3 is 0 Å². The Labute approximate surface area is 142 Å². The van der Waals surface area contributed by atoms with E-state index in [1.54, 1.807) is 4.68 Å². The summed E-state index contributed by atoms with van der Waals surface area (Å²) in [5.74, 6) is 0. The second-order valence-corrected chi connectivity index (χ2v) is 6.25. The average Bonchev–Trinajstić information content (AvgIpc) is 2.60. The van der Waals surface area contributed by atoms with E-state index in [2.05, 4.69) is 34.3 Å². The molecular weight excluding hydrogens is 298 g/mol. The van der Waals surface area contributed by atoms with Crippen LogP contribution < -0.4 is 5.56 Å². The second kappa shape index (κ2) is 7.41. The number of nitrogens with zero attached hydrogens (tertiary/aromatic N) is 3. The summed E-state index contributed by atoms with van der Waals surface area (Å²) < 4.78 is 1.57. The second-order valence-electron chi connectivity index (χ2n) is 6.25. The molecule has 1 aromatic heterocycles. The van der Waals surface area contributed by atoms with Crippen LogP contribution in [-0.4, -0.2) is 28.3 Å². The van der Waals surface area contributed by atoms with Crippen LogP contribution in [0.5, 0.6) is 0 Å². The van der Waals surface area contributed by atoms with E-state index in [1.165, 1.54) is 5.56 Å². The third-order valence-corrected chi connectivity index (χ3v) is 4.28. The average molecular weight is 321 g/mol. The molecule has 0 aliphatic carbocycles. The van der Waals surface area contributed by atoms with Crippen LogP contribution in [0.3, 0.4) is 0 Å². The van der Waals surface area contributed by atoms with Crippen LogP contribution >= 0.6 is 0 Å². The third-order valence-electron chi connectivity index (χ3n) is 4.28. The number of rotatable bonds is 6. The van der Waals surface area contributed by atoms with Crippen molar-refractivity contribution >= 4 is 10.8 Å². The van der Waals surface area contributed by atoms with E-state index in [0.717, 1.165) is 35.9 Å². The molecule has 24 heavy (non-hydrogen) atoms. The minimum absolute atomic E-state index is 0.0221. The third kappa shape index (κ3) is 3.71. The normalized spacial score (nSPS) is 11.3. The molecule has 0 unspecified atom stereocenters. The Morgan fingerprint density at radius 2 is 1.67 bits per heavy atom. The maximum atomic E-state index is 12.6. The topological polar surface area (TPSA) is 38.1 Å². The Morgan fingerprint density at radius 1 is 1.00 bits per heavy atom. The van der Waals surface area contributed by atoms with Crippen molar-refractivity contribution in [3.63, 3.8) is 0 Å². The fourth-order valence-corrected chi connectivity index (χ4v) is 3.00. The summed E-state index contributed by atoms with van der Waals surface area (Å²) in [6, 6.07) is 18.1. The van der Waals surface area contributed by atoms with Gasteiger partial charge in [-0.05, 0) is 45.0 Å². The molecule has 0 fully saturated rings. The Kier molecular flexibility index (Phi) is 5.06. The van der Waals surface area contributed by atoms with Gasteiger partial charge in [0.05, 0.1) is 17.7 Å². The van der Waals surface area contributed by atoms with Gasteiger partial charge in [0.2, 0.25) is 0 Å². The van der Waals surface area contributed by atoms with Crippen molar-refractivity contribution < 1.29 is 0 Å². The van der Waals surface area contributed by atoms with Gasteiger partial charge in [-0.15, -0.1) is 0 Å². The quantitative estimate of drug-likeness (QED) is 0.699. The van der Waals surface area contributed by atoms with Gasteiger partial charge in [0.15, 0.2) is 0 Å². The van der Waals surface area contributed by atoms with Crippen LogP contribution in [0.4, 0.5) is 0 Å². The van der Waals surface area contributed by atoms with Crippen molar-refractivity contribution in [1.29, 1.82) is 0 Å². The highest BCUT2D eigenvalue weighted by Crippen LogP contribution is 2.12. The molecule has 4 nitrogen and oxygen atoms in total. The number of hydrogen-bond donors (Lipinski definition) is 0. The Hall–Kier alpha value is -2.46. The highest BCUT2D eigenvalue weighted by molar-refractivity contribution is 5.83. The van der Waals surface area contributed by atoms with Crippen molar-refractivity contribution in [2.75, 3.05) is 13.6 Å². The molecule has 0 aliphatic heterocycles. The van der Waals surface area contributed by atoms with Crippen molar-refractivity contribution in [3.8, 4) is 0 Å². The highest BCUT2D eigenvalue weighted by Gasteiger charge is 2.09. The summed E-state index contributed by atoms with van der Waals surface area (Å²) in [4.78, 5) is 14.7. The smallest absolute Gasteiger partial charge is 0.275 e. The van der Waals surface area contributed by atoms with Gasteiger partial charge in [0.25, 0.3) is 5.56 Å². The van der Waals surface area contributed by atoms with Crippen LogP contribution in [0.1, 0.15) is 17.7 Å². The lowest BCUT2D eigenvalue weighted by molar-refractivity contribution is 0.245. The largest absolute Gasteiger partial charge is 0.287 e. The van der Waals surface area contributed by atoms with E-state index in [4.69, 9.17) is 0 Å². The molecule has 124 valence electrons. The lowest BCUT2D eigenvalue weighted by Gasteiger charge is -2.18. The van der Waals surface area contributed by atoms with Gasteiger partial charge < -0.3 is 0 Å². The van der Waals surface area contributed by atoms with Gasteiger partial charge in [-0.1, -0.05) is 48.5 Å². The predicted octanol–water partition coefficient (Wildman–Crippen LogP) is 3.23. The Balaban J connectivity index is 1.66. The maximum absolute atomic E-state index is 12.6. The number of aromatic nitrogens is 2. The van der Waals surface area contributed by atoms with Crippen molar-refractivity contribution in [2.45, 2.75) is 26.4 Å². The van der Waals surface area contributed by atoms with Crippen LogP contribution in [0.25, 0.3) is 10.8 Å². The summed E-state index contributed by atoms with van der Waals surface area (Å²) in [7, 11) is 2.03. The molecule has 0 bridgehead atoms. The fourth-order valence-electron chi connectivity index (χ4n) is 3.00. The summed E-state index contributed by atoms with van der Waals surface area (Å²) in [5.41, 5.74) is 2.22. The fraction of sp³-hybridized carbons (Fsp3) is 0.300. The summed E-state index contributed by atoms with van der Waals surface area (Å²) in [6.07, 6.45) is 2.10. The Bertz CT molecular complexity index is 871. The molecule has 0 atom stereocenters. The van der Waals surface area contributed by atoms with E-state index in [1.807, 2.05) is 44.3 Å². The van der Waals surface area contributed by atoms with Crippen molar-refractivity contribution in [2.24, 2.45) is 0 Å². The molecule has 0 aliphatic rings. The van der Waals surface area contributed by atoms with Crippen LogP contribution in [0.2, 0.25) is 0 Å². The van der Waals surface area contributed by atoms with Crippen LogP contribution in [0, 0.1) is 6.92 Å². The Morgan fingerprint density at radius 3 is 2.42 bits per heavy atom. The van der Waals surface area contributed by atoms with E-state index in [9.17, 15) is 4.79 Å². The van der Waals surface area contributed by atoms with Gasteiger partial charge in [0.1, 0.15) is 0 Å². The number of hydrogen-bond acceptors (Lipinski definition) is 3. The minimum Gasteiger partial charge on any atom is -0.287 e. The van der Waals surface area contributed by atoms with Gasteiger partial charge in [-0.2, -0.15) is 5.10 Å². The first-order valence-corrected chi connectivity index (χ1v) is 8.34. The molecule has 0 N–H and O–H groups in total. The van der Waals surface area contributed by atoms with Gasteiger partial charge in [-0.3, -0.25) is 9.69 Å². The zero-order valence-electron chi connectivity index (χ0n) is 14.3. The van der Waals surface area contributed by atoms with E-state index < -0.39 is 0 Å². The summed E-state index contributed by atoms with van der Waals surface area (Å²) in [5, 5.41) is 6.14. The number of benzene rings is 2. The number of aryl methyl sites for hydroxylation is 2. The zero-order valence-corrected chi connectivity index (χ0v) is 14.3. The van der Waals surface area contributed by atoms with E-state index >= 15 is 0 Å².